The Morgan fingerprint density at radius 1 is 1.21 bits per heavy atom. The van der Waals surface area contributed by atoms with E-state index in [2.05, 4.69) is 35.9 Å². The summed E-state index contributed by atoms with van der Waals surface area (Å²) in [5.41, 5.74) is 8.30. The van der Waals surface area contributed by atoms with Gasteiger partial charge >= 0.3 is 0 Å². The quantitative estimate of drug-likeness (QED) is 0.597. The van der Waals surface area contributed by atoms with Crippen molar-refractivity contribution in [3.8, 4) is 0 Å². The average molecular weight is 202 g/mol. The number of fused-ring (bicyclic) bond motifs is 3. The van der Waals surface area contributed by atoms with E-state index >= 15 is 0 Å². The van der Waals surface area contributed by atoms with Crippen LogP contribution in [0.2, 0.25) is 0 Å². The molecule has 0 spiro atoms. The number of hydrogen-bond donors (Lipinski definition) is 1. The zero-order chi connectivity index (χ0) is 9.71. The van der Waals surface area contributed by atoms with Gasteiger partial charge in [-0.2, -0.15) is 0 Å². The third-order valence-corrected chi connectivity index (χ3v) is 3.59. The van der Waals surface area contributed by atoms with Crippen LogP contribution >= 0.6 is 11.3 Å². The van der Waals surface area contributed by atoms with E-state index in [1.807, 2.05) is 6.07 Å². The molecule has 3 heteroatoms. The van der Waals surface area contributed by atoms with Crippen LogP contribution in [-0.2, 0) is 7.05 Å². The van der Waals surface area contributed by atoms with Gasteiger partial charge in [-0.1, -0.05) is 18.2 Å². The Hall–Kier alpha value is -1.48. The van der Waals surface area contributed by atoms with E-state index in [4.69, 9.17) is 5.73 Å². The molecule has 0 aliphatic carbocycles. The van der Waals surface area contributed by atoms with E-state index in [0.717, 1.165) is 5.00 Å². The molecule has 2 N–H and O–H groups in total. The molecule has 14 heavy (non-hydrogen) atoms. The molecule has 1 aromatic carbocycles. The topological polar surface area (TPSA) is 30.9 Å². The zero-order valence-corrected chi connectivity index (χ0v) is 8.64. The Bertz CT molecular complexity index is 619. The Morgan fingerprint density at radius 3 is 2.86 bits per heavy atom. The fraction of sp³-hybridized carbons (Fsp3) is 0.0909. The summed E-state index contributed by atoms with van der Waals surface area (Å²) in [5, 5.41) is 2.18. The van der Waals surface area contributed by atoms with Crippen molar-refractivity contribution in [2.75, 3.05) is 5.73 Å². The highest BCUT2D eigenvalue weighted by Gasteiger charge is 2.09. The predicted octanol–water partition coefficient (Wildman–Crippen LogP) is 2.98. The second-order valence-electron chi connectivity index (χ2n) is 3.44. The van der Waals surface area contributed by atoms with Gasteiger partial charge in [-0.15, -0.1) is 11.3 Å². The second kappa shape index (κ2) is 2.51. The van der Waals surface area contributed by atoms with Gasteiger partial charge in [0, 0.05) is 18.0 Å². The van der Waals surface area contributed by atoms with Gasteiger partial charge < -0.3 is 10.3 Å². The third kappa shape index (κ3) is 0.849. The van der Waals surface area contributed by atoms with Gasteiger partial charge in [0.05, 0.1) is 15.2 Å². The number of para-hydroxylation sites is 1. The van der Waals surface area contributed by atoms with Crippen LogP contribution in [0, 0.1) is 0 Å². The van der Waals surface area contributed by atoms with Crippen LogP contribution in [0.3, 0.4) is 0 Å². The van der Waals surface area contributed by atoms with Crippen molar-refractivity contribution in [2.45, 2.75) is 0 Å². The maximum atomic E-state index is 5.80. The summed E-state index contributed by atoms with van der Waals surface area (Å²) in [5.74, 6) is 0. The first kappa shape index (κ1) is 7.88. The van der Waals surface area contributed by atoms with Gasteiger partial charge in [0.15, 0.2) is 0 Å². The maximum Gasteiger partial charge on any atom is 0.0884 e. The molecule has 0 radical (unpaired) electrons. The molecule has 0 bridgehead atoms. The lowest BCUT2D eigenvalue weighted by Gasteiger charge is -1.95. The van der Waals surface area contributed by atoms with E-state index in [1.54, 1.807) is 11.3 Å². The van der Waals surface area contributed by atoms with Crippen LogP contribution in [0.1, 0.15) is 0 Å². The minimum atomic E-state index is 0.886. The fourth-order valence-corrected chi connectivity index (χ4v) is 2.92. The van der Waals surface area contributed by atoms with Gasteiger partial charge in [-0.3, -0.25) is 0 Å². The summed E-state index contributed by atoms with van der Waals surface area (Å²) in [6.07, 6.45) is 0. The molecule has 0 aliphatic rings. The highest BCUT2D eigenvalue weighted by atomic mass is 32.1. The number of nitrogens with two attached hydrogens (primary N) is 1. The van der Waals surface area contributed by atoms with Crippen LogP contribution in [0.4, 0.5) is 5.00 Å². The fourth-order valence-electron chi connectivity index (χ4n) is 1.93. The number of benzene rings is 1. The molecule has 3 rings (SSSR count). The summed E-state index contributed by atoms with van der Waals surface area (Å²) >= 11 is 1.66. The van der Waals surface area contributed by atoms with Crippen LogP contribution in [-0.4, -0.2) is 4.57 Å². The molecule has 0 fully saturated rings. The van der Waals surface area contributed by atoms with Crippen molar-refractivity contribution >= 4 is 37.5 Å². The van der Waals surface area contributed by atoms with Crippen molar-refractivity contribution in [1.82, 2.24) is 4.57 Å². The highest BCUT2D eigenvalue weighted by molar-refractivity contribution is 7.23. The average Bonchev–Trinajstić information content (AvgIpc) is 2.68. The molecule has 0 aliphatic heterocycles. The molecule has 0 atom stereocenters. The number of rotatable bonds is 0. The summed E-state index contributed by atoms with van der Waals surface area (Å²) in [6, 6.07) is 10.5. The monoisotopic (exact) mass is 202 g/mol. The molecule has 0 unspecified atom stereocenters. The van der Waals surface area contributed by atoms with Gasteiger partial charge in [0.2, 0.25) is 0 Å². The van der Waals surface area contributed by atoms with Crippen LogP contribution in [0.15, 0.2) is 30.3 Å². The molecule has 70 valence electrons. The van der Waals surface area contributed by atoms with E-state index in [9.17, 15) is 0 Å². The standard InChI is InChI=1S/C11H10N2S/c1-13-8-5-3-2-4-7(8)11-9(13)6-10(12)14-11/h2-6H,12H2,1H3. The number of nitrogens with zero attached hydrogens (tertiary/aromatic N) is 1. The van der Waals surface area contributed by atoms with E-state index < -0.39 is 0 Å². The number of aromatic nitrogens is 1. The number of anilines is 1. The van der Waals surface area contributed by atoms with Gasteiger partial charge in [0.1, 0.15) is 0 Å². The number of thiophene rings is 1. The third-order valence-electron chi connectivity index (χ3n) is 2.60. The van der Waals surface area contributed by atoms with Crippen LogP contribution in [0.5, 0.6) is 0 Å². The lowest BCUT2D eigenvalue weighted by Crippen LogP contribution is -1.85. The first-order chi connectivity index (χ1) is 6.77. The second-order valence-corrected chi connectivity index (χ2v) is 4.52. The number of aryl methyl sites for hydroxylation is 1. The van der Waals surface area contributed by atoms with Crippen molar-refractivity contribution in [1.29, 1.82) is 0 Å². The summed E-state index contributed by atoms with van der Waals surface area (Å²) in [4.78, 5) is 0. The summed E-state index contributed by atoms with van der Waals surface area (Å²) in [7, 11) is 2.08. The van der Waals surface area contributed by atoms with E-state index in [-0.39, 0.29) is 0 Å². The maximum absolute atomic E-state index is 5.80. The summed E-state index contributed by atoms with van der Waals surface area (Å²) < 4.78 is 3.48. The molecule has 0 saturated carbocycles. The Labute approximate surface area is 85.6 Å². The molecule has 0 saturated heterocycles. The number of hydrogen-bond acceptors (Lipinski definition) is 2. The minimum Gasteiger partial charge on any atom is -0.391 e. The number of nitrogen functional groups attached to an aromatic ring is 1. The highest BCUT2D eigenvalue weighted by Crippen LogP contribution is 2.35. The lowest BCUT2D eigenvalue weighted by atomic mass is 10.2. The molecule has 2 nitrogen and oxygen atoms in total. The molecular formula is C11H10N2S. The minimum absolute atomic E-state index is 0.886. The molecular weight excluding hydrogens is 192 g/mol. The first-order valence-corrected chi connectivity index (χ1v) is 5.31. The first-order valence-electron chi connectivity index (χ1n) is 4.50. The molecule has 2 heterocycles. The van der Waals surface area contributed by atoms with Crippen LogP contribution < -0.4 is 5.73 Å². The molecule has 0 amide bonds. The predicted molar refractivity (Wildman–Crippen MR) is 62.7 cm³/mol. The normalized spacial score (nSPS) is 11.5. The van der Waals surface area contributed by atoms with Crippen molar-refractivity contribution in [2.24, 2.45) is 7.05 Å². The van der Waals surface area contributed by atoms with E-state index in [1.165, 1.54) is 21.1 Å². The Balaban J connectivity index is 2.65. The zero-order valence-electron chi connectivity index (χ0n) is 7.82. The van der Waals surface area contributed by atoms with Gasteiger partial charge in [-0.05, 0) is 12.1 Å². The summed E-state index contributed by atoms with van der Waals surface area (Å²) in [6.45, 7) is 0. The van der Waals surface area contributed by atoms with Gasteiger partial charge in [-0.25, -0.2) is 0 Å². The molecule has 3 aromatic rings. The largest absolute Gasteiger partial charge is 0.391 e. The van der Waals surface area contributed by atoms with Crippen molar-refractivity contribution < 1.29 is 0 Å². The van der Waals surface area contributed by atoms with Crippen molar-refractivity contribution in [3.05, 3.63) is 30.3 Å². The SMILES string of the molecule is Cn1c2ccccc2c2sc(N)cc21. The Kier molecular flexibility index (Phi) is 1.42. The van der Waals surface area contributed by atoms with Crippen LogP contribution in [0.25, 0.3) is 21.1 Å². The van der Waals surface area contributed by atoms with Crippen molar-refractivity contribution in [3.63, 3.8) is 0 Å². The molecule has 2 aromatic heterocycles. The lowest BCUT2D eigenvalue weighted by molar-refractivity contribution is 1.02. The Morgan fingerprint density at radius 2 is 2.00 bits per heavy atom. The van der Waals surface area contributed by atoms with E-state index in [0.29, 0.717) is 0 Å². The smallest absolute Gasteiger partial charge is 0.0884 e. The van der Waals surface area contributed by atoms with Gasteiger partial charge in [0.25, 0.3) is 0 Å².